The fourth-order valence-corrected chi connectivity index (χ4v) is 14.8. The molecule has 14 bridgehead atoms. The van der Waals surface area contributed by atoms with Gasteiger partial charge in [-0.05, 0) is 37.1 Å². The van der Waals surface area contributed by atoms with Gasteiger partial charge in [-0.3, -0.25) is 18.9 Å². The number of carbonyl (C=O) groups is 2. The Bertz CT molecular complexity index is 3150. The average molecular weight is 1640 g/mol. The van der Waals surface area contributed by atoms with E-state index in [2.05, 4.69) is 15.3 Å². The number of aliphatic imine (C=N–C) groups is 1. The van der Waals surface area contributed by atoms with E-state index in [4.69, 9.17) is 88.6 Å². The molecule has 22 aliphatic rings. The normalized spacial score (nSPS) is 42.6. The number of anilines is 1. The van der Waals surface area contributed by atoms with Crippen molar-refractivity contribution in [1.82, 2.24) is 9.29 Å². The molecule has 48 nitrogen and oxygen atoms in total. The maximum absolute atomic E-state index is 12.5. The smallest absolute Gasteiger partial charge is 0.320 e. The minimum absolute atomic E-state index is 0.0129. The zero-order chi connectivity index (χ0) is 82.2. The van der Waals surface area contributed by atoms with Gasteiger partial charge >= 0.3 is 5.97 Å². The van der Waals surface area contributed by atoms with Gasteiger partial charge in [0, 0.05) is 25.4 Å². The van der Waals surface area contributed by atoms with Crippen LogP contribution in [0.15, 0.2) is 64.2 Å². The third-order valence-electron chi connectivity index (χ3n) is 19.5. The summed E-state index contributed by atoms with van der Waals surface area (Å²) in [6, 6.07) is 10.1. The summed E-state index contributed by atoms with van der Waals surface area (Å²) in [6.07, 6.45) is -67.8. The molecule has 112 heavy (non-hydrogen) atoms. The number of benzene rings is 1. The molecule has 0 aliphatic carbocycles. The highest BCUT2D eigenvalue weighted by molar-refractivity contribution is 7.89. The van der Waals surface area contributed by atoms with Crippen molar-refractivity contribution in [2.24, 2.45) is 22.2 Å². The van der Waals surface area contributed by atoms with Crippen molar-refractivity contribution in [3.63, 3.8) is 0 Å². The summed E-state index contributed by atoms with van der Waals surface area (Å²) in [5.74, 6) is -1.89. The van der Waals surface area contributed by atoms with Crippen molar-refractivity contribution >= 4 is 39.4 Å². The first-order chi connectivity index (χ1) is 53.1. The van der Waals surface area contributed by atoms with Crippen LogP contribution >= 0.6 is 0 Å². The van der Waals surface area contributed by atoms with Crippen molar-refractivity contribution in [2.75, 3.05) is 65.2 Å². The first kappa shape index (κ1) is 90.3. The molecule has 36 atom stereocenters. The maximum atomic E-state index is 12.5. The number of nitrogens with two attached hydrogens (primary N) is 3. The van der Waals surface area contributed by atoms with Crippen LogP contribution in [0.4, 0.5) is 5.82 Å². The highest BCUT2D eigenvalue weighted by Gasteiger charge is 2.60. The minimum Gasteiger partial charge on any atom is -0.505 e. The maximum Gasteiger partial charge on any atom is 0.320 e. The zero-order valence-corrected chi connectivity index (χ0v) is 59.9. The molecule has 30 N–H and O–H groups in total. The van der Waals surface area contributed by atoms with Crippen LogP contribution in [0, 0.1) is 0 Å². The number of amides is 1. The number of carboxylic acid groups (broad SMARTS) is 1. The van der Waals surface area contributed by atoms with Crippen molar-refractivity contribution in [3.05, 3.63) is 59.9 Å². The van der Waals surface area contributed by atoms with Crippen LogP contribution in [-0.4, -0.2) is 434 Å². The van der Waals surface area contributed by atoms with Gasteiger partial charge in [-0.2, -0.15) is 0 Å². The number of sulfonamides is 1. The lowest BCUT2D eigenvalue weighted by Crippen LogP contribution is -2.68. The molecule has 49 heteroatoms. The molecule has 2 aromatic rings. The molecular weight excluding hydrogens is 1540 g/mol. The molecule has 21 saturated heterocycles. The van der Waals surface area contributed by atoms with Crippen LogP contribution < -0.4 is 22.5 Å². The van der Waals surface area contributed by atoms with E-state index < -0.39 is 295 Å². The predicted molar refractivity (Wildman–Crippen MR) is 358 cm³/mol. The first-order valence-electron chi connectivity index (χ1n) is 34.9. The number of carboxylic acids is 1. The molecular formula is C63H97N7O41S. The molecule has 1 amide bonds. The minimum atomic E-state index is -3.91. The van der Waals surface area contributed by atoms with Gasteiger partial charge in [0.2, 0.25) is 0 Å². The SMILES string of the molecule is CN1C(C(=O)Nc2ccccn2)=C(O)c2ccccc2S1(=O)=O.NC(N)=NCCC[C@H](N)C(=O)O.OC[C@H]1O[C@@H]2O[C@H]3[C@H](O)[C@@H](O)[C@@H](O[C@H]4[C@H](O)[C@@H](O)[C@@H](O[C@H]5[C@H](O)[C@@H](O)[C@@H](O[C@H]6[C@H](O)[C@@H](O)[C@@H](O[C@H]7[C@H](O)[C@@H](O)[C@@H](O[C@H]8[C@H](O)[C@@H](O)[C@@H](O[C@H]1[C@H](O)[C@H]2O)O[C@@H]8CO)O[C@@H]7CO)O[C@@H]6CO)O[C@@H]5CO)O[C@@H]4CO)O[C@@H]3CO. The predicted octanol–water partition coefficient (Wildman–Crippen LogP) is -15.2. The van der Waals surface area contributed by atoms with Crippen LogP contribution in [0.5, 0.6) is 0 Å². The molecule has 21 fully saturated rings. The van der Waals surface area contributed by atoms with E-state index >= 15 is 0 Å². The molecule has 22 aliphatic heterocycles. The van der Waals surface area contributed by atoms with Gasteiger partial charge in [0.25, 0.3) is 15.9 Å². The van der Waals surface area contributed by atoms with E-state index in [0.29, 0.717) is 19.4 Å². The second kappa shape index (κ2) is 39.6. The van der Waals surface area contributed by atoms with E-state index in [1.54, 1.807) is 30.3 Å². The summed E-state index contributed by atoms with van der Waals surface area (Å²) in [4.78, 5) is 30.2. The van der Waals surface area contributed by atoms with Crippen LogP contribution in [0.2, 0.25) is 0 Å². The van der Waals surface area contributed by atoms with Crippen LogP contribution in [-0.2, 0) is 85.9 Å². The van der Waals surface area contributed by atoms with E-state index in [9.17, 15) is 130 Å². The van der Waals surface area contributed by atoms with Crippen molar-refractivity contribution in [3.8, 4) is 0 Å². The summed E-state index contributed by atoms with van der Waals surface area (Å²) in [7, 11) is -2.69. The lowest BCUT2D eigenvalue weighted by Gasteiger charge is -2.50. The number of nitrogens with zero attached hydrogens (tertiary/aromatic N) is 3. The van der Waals surface area contributed by atoms with Gasteiger partial charge in [-0.25, -0.2) is 13.4 Å². The number of fused-ring (bicyclic) bond motifs is 1. The summed E-state index contributed by atoms with van der Waals surface area (Å²) in [6.45, 7) is -6.91. The first-order valence-corrected chi connectivity index (χ1v) is 36.3. The number of rotatable bonds is 14. The van der Waals surface area contributed by atoms with E-state index in [1.165, 1.54) is 25.4 Å². The summed E-state index contributed by atoms with van der Waals surface area (Å²) >= 11 is 0. The number of likely N-dealkylation sites (N-methyl/N-ethyl adjacent to an activating group) is 1. The number of aliphatic carboxylic acids is 1. The Kier molecular flexibility index (Phi) is 31.9. The Labute approximate surface area is 634 Å². The monoisotopic (exact) mass is 1640 g/mol. The Morgan fingerprint density at radius 1 is 0.455 bits per heavy atom. The molecule has 1 aromatic carbocycles. The Morgan fingerprint density at radius 2 is 0.732 bits per heavy atom. The fourth-order valence-electron chi connectivity index (χ4n) is 13.4. The lowest BCUT2D eigenvalue weighted by atomic mass is 9.95. The molecule has 1 aromatic heterocycles. The van der Waals surface area contributed by atoms with Gasteiger partial charge < -0.3 is 206 Å². The van der Waals surface area contributed by atoms with Gasteiger partial charge in [0.1, 0.15) is 183 Å². The molecule has 24 rings (SSSR count). The summed E-state index contributed by atoms with van der Waals surface area (Å²) < 4.78 is 105. The van der Waals surface area contributed by atoms with Crippen LogP contribution in [0.25, 0.3) is 5.76 Å². The molecule has 0 spiro atoms. The second-order valence-corrected chi connectivity index (χ2v) is 28.8. The number of pyridine rings is 1. The van der Waals surface area contributed by atoms with Crippen molar-refractivity contribution in [2.45, 2.75) is 239 Å². The quantitative estimate of drug-likeness (QED) is 0.0474. The van der Waals surface area contributed by atoms with Crippen LogP contribution in [0.1, 0.15) is 18.4 Å². The fraction of sp³-hybridized carbons (Fsp3) is 0.746. The van der Waals surface area contributed by atoms with E-state index in [-0.39, 0.29) is 27.9 Å². The topological polar surface area (TPSA) is 781 Å². The van der Waals surface area contributed by atoms with Gasteiger partial charge in [0.05, 0.1) is 51.1 Å². The number of hydrogen-bond acceptors (Lipinski definition) is 43. The average Bonchev–Trinajstić information content (AvgIpc) is 0.851. The standard InChI is InChI=1S/C42H70O35.C15H13N3O4S.C6H14N4O2/c43-1-8-29-15(50)22(57)36(64-8)72-30-9(2-44)66-38(24(59)17(30)52)74-32-11(4-46)68-40(26(61)19(32)54)76-34-13(6-48)70-42(28(63)21(34)56)77-35-14(7-49)69-41(27(62)20(35)55)75-33-12(5-47)67-39(25(60)18(33)53)73-31-10(3-45)65-37(71-29)23(58)16(31)51;1-18-13(15(20)17-12-8-4-5-9-16-12)14(19)10-6-2-3-7-11(10)23(18,21)22;7-4(5(11)12)2-1-3-10-6(8)9/h8-63H,1-7H2;2-9,19H,1H3,(H,16,17,20);4H,1-3,7H2,(H,11,12)(H4,8,9,10)/t8-,9-,10-,11-,12-,13-,14-,15-,16-,17-,18-,19-,20-,21-,22-,23-,24-,25-,26-,27-,28-,29-,30-,31-,32-,33-,34-,35-,36-,37-,38-,39-,40-,41-,42-;;4-/m1.0/s1. The van der Waals surface area contributed by atoms with Crippen molar-refractivity contribution < 1.29 is 202 Å². The molecule has 0 radical (unpaired) electrons. The number of aliphatic hydroxyl groups is 22. The van der Waals surface area contributed by atoms with Gasteiger partial charge in [-0.15, -0.1) is 0 Å². The summed E-state index contributed by atoms with van der Waals surface area (Å²) in [5, 5.41) is 251. The summed E-state index contributed by atoms with van der Waals surface area (Å²) in [5.41, 5.74) is 15.1. The highest BCUT2D eigenvalue weighted by Crippen LogP contribution is 2.40. The lowest BCUT2D eigenvalue weighted by molar-refractivity contribution is -0.396. The largest absolute Gasteiger partial charge is 0.505 e. The Balaban J connectivity index is 0.000000335. The molecule has 636 valence electrons. The number of aliphatic hydroxyl groups excluding tert-OH is 22. The third-order valence-corrected chi connectivity index (χ3v) is 21.3. The van der Waals surface area contributed by atoms with Crippen LogP contribution in [0.3, 0.4) is 0 Å². The zero-order valence-electron chi connectivity index (χ0n) is 59.1. The number of aromatic nitrogens is 1. The number of nitrogens with one attached hydrogen (secondary N) is 1. The third kappa shape index (κ3) is 19.7. The molecule has 0 unspecified atom stereocenters. The van der Waals surface area contributed by atoms with E-state index in [1.807, 2.05) is 0 Å². The molecule has 23 heterocycles. The van der Waals surface area contributed by atoms with Crippen molar-refractivity contribution in [1.29, 1.82) is 0 Å². The highest BCUT2D eigenvalue weighted by atomic mass is 32.2. The number of ether oxygens (including phenoxy) is 14. The Hall–Kier alpha value is -5.57. The number of hydrogen-bond donors (Lipinski definition) is 27. The van der Waals surface area contributed by atoms with E-state index in [0.717, 1.165) is 4.31 Å². The number of guanidine groups is 1. The second-order valence-electron chi connectivity index (χ2n) is 26.9. The van der Waals surface area contributed by atoms with Gasteiger partial charge in [0.15, 0.2) is 61.4 Å². The molecule has 0 saturated carbocycles. The Morgan fingerprint density at radius 3 is 0.982 bits per heavy atom. The number of carbonyl (C=O) groups excluding carboxylic acids is 1. The van der Waals surface area contributed by atoms with Gasteiger partial charge in [-0.1, -0.05) is 18.2 Å².